The third-order valence-electron chi connectivity index (χ3n) is 9.81. The SMILES string of the molecule is CC[C@]12CCC3C(CCC4=CC(=O)CC[C@@H]43)C1[C@@H]1C[C@@H]1[C@@]21CCCO1. The van der Waals surface area contributed by atoms with E-state index in [0.29, 0.717) is 11.2 Å². The second kappa shape index (κ2) is 5.00. The van der Waals surface area contributed by atoms with Crippen LogP contribution in [-0.4, -0.2) is 18.0 Å². The molecule has 2 nitrogen and oxygen atoms in total. The van der Waals surface area contributed by atoms with Crippen molar-refractivity contribution in [2.24, 2.45) is 40.9 Å². The van der Waals surface area contributed by atoms with Crippen molar-refractivity contribution in [1.82, 2.24) is 0 Å². The average molecular weight is 341 g/mol. The van der Waals surface area contributed by atoms with Crippen LogP contribution < -0.4 is 0 Å². The van der Waals surface area contributed by atoms with Crippen LogP contribution in [-0.2, 0) is 9.53 Å². The van der Waals surface area contributed by atoms with Crippen LogP contribution in [0.15, 0.2) is 11.6 Å². The Morgan fingerprint density at radius 1 is 1.12 bits per heavy atom. The van der Waals surface area contributed by atoms with E-state index in [4.69, 9.17) is 4.74 Å². The van der Waals surface area contributed by atoms with Crippen LogP contribution in [0.5, 0.6) is 0 Å². The van der Waals surface area contributed by atoms with Crippen LogP contribution in [0.25, 0.3) is 0 Å². The van der Waals surface area contributed by atoms with Crippen LogP contribution >= 0.6 is 0 Å². The number of ether oxygens (including phenoxy) is 1. The molecule has 1 saturated heterocycles. The third-order valence-corrected chi connectivity index (χ3v) is 9.81. The van der Waals surface area contributed by atoms with Gasteiger partial charge < -0.3 is 4.74 Å². The molecule has 0 radical (unpaired) electrons. The predicted molar refractivity (Wildman–Crippen MR) is 97.0 cm³/mol. The molecule has 136 valence electrons. The Kier molecular flexibility index (Phi) is 3.09. The lowest BCUT2D eigenvalue weighted by Gasteiger charge is -2.58. The summed E-state index contributed by atoms with van der Waals surface area (Å²) in [5, 5.41) is 0. The molecule has 5 aliphatic carbocycles. The smallest absolute Gasteiger partial charge is 0.155 e. The number of carbonyl (C=O) groups is 1. The first-order valence-electron chi connectivity index (χ1n) is 11.1. The molecule has 25 heavy (non-hydrogen) atoms. The van der Waals surface area contributed by atoms with E-state index in [2.05, 4.69) is 6.92 Å². The van der Waals surface area contributed by atoms with Gasteiger partial charge in [0.25, 0.3) is 0 Å². The summed E-state index contributed by atoms with van der Waals surface area (Å²) in [7, 11) is 0. The first-order valence-corrected chi connectivity index (χ1v) is 11.1. The summed E-state index contributed by atoms with van der Waals surface area (Å²) in [6.45, 7) is 3.48. The molecule has 6 aliphatic rings. The molecule has 8 atom stereocenters. The van der Waals surface area contributed by atoms with Gasteiger partial charge in [-0.15, -0.1) is 0 Å². The van der Waals surface area contributed by atoms with Gasteiger partial charge >= 0.3 is 0 Å². The highest BCUT2D eigenvalue weighted by molar-refractivity contribution is 5.91. The average Bonchev–Trinajstić information content (AvgIpc) is 3.20. The highest BCUT2D eigenvalue weighted by Gasteiger charge is 2.77. The monoisotopic (exact) mass is 340 g/mol. The number of fused-ring (bicyclic) bond motifs is 9. The van der Waals surface area contributed by atoms with Crippen LogP contribution in [0.3, 0.4) is 0 Å². The fourth-order valence-corrected chi connectivity index (χ4v) is 9.12. The normalized spacial score (nSPS) is 56.0. The molecule has 0 amide bonds. The number of carbonyl (C=O) groups excluding carboxylic acids is 1. The predicted octanol–water partition coefficient (Wildman–Crippen LogP) is 4.92. The Morgan fingerprint density at radius 2 is 2.04 bits per heavy atom. The summed E-state index contributed by atoms with van der Waals surface area (Å²) in [4.78, 5) is 11.9. The number of hydrogen-bond acceptors (Lipinski definition) is 2. The van der Waals surface area contributed by atoms with Gasteiger partial charge in [-0.25, -0.2) is 0 Å². The van der Waals surface area contributed by atoms with Gasteiger partial charge in [0.05, 0.1) is 5.60 Å². The molecule has 4 saturated carbocycles. The Hall–Kier alpha value is -0.630. The van der Waals surface area contributed by atoms with Crippen LogP contribution in [0.4, 0.5) is 0 Å². The minimum absolute atomic E-state index is 0.265. The molecule has 0 N–H and O–H groups in total. The van der Waals surface area contributed by atoms with E-state index in [9.17, 15) is 4.79 Å². The molecule has 0 aromatic heterocycles. The van der Waals surface area contributed by atoms with E-state index in [0.717, 1.165) is 55.0 Å². The lowest BCUT2D eigenvalue weighted by atomic mass is 9.47. The summed E-state index contributed by atoms with van der Waals surface area (Å²) in [6, 6.07) is 0. The zero-order valence-corrected chi connectivity index (χ0v) is 15.6. The van der Waals surface area contributed by atoms with Crippen molar-refractivity contribution >= 4 is 5.78 Å². The quantitative estimate of drug-likeness (QED) is 0.677. The number of ketones is 1. The van der Waals surface area contributed by atoms with Gasteiger partial charge in [-0.05, 0) is 99.4 Å². The van der Waals surface area contributed by atoms with Gasteiger partial charge in [-0.3, -0.25) is 4.79 Å². The Balaban J connectivity index is 1.39. The summed E-state index contributed by atoms with van der Waals surface area (Å²) in [6.07, 6.45) is 14.8. The van der Waals surface area contributed by atoms with E-state index in [1.165, 1.54) is 56.9 Å². The van der Waals surface area contributed by atoms with Crippen molar-refractivity contribution in [2.45, 2.75) is 76.7 Å². The van der Waals surface area contributed by atoms with Crippen molar-refractivity contribution in [3.8, 4) is 0 Å². The van der Waals surface area contributed by atoms with Crippen molar-refractivity contribution in [2.75, 3.05) is 6.61 Å². The van der Waals surface area contributed by atoms with Crippen molar-refractivity contribution in [3.05, 3.63) is 11.6 Å². The molecule has 2 heteroatoms. The maximum absolute atomic E-state index is 11.9. The van der Waals surface area contributed by atoms with E-state index in [1.807, 2.05) is 6.08 Å². The fourth-order valence-electron chi connectivity index (χ4n) is 9.12. The zero-order valence-electron chi connectivity index (χ0n) is 15.6. The summed E-state index contributed by atoms with van der Waals surface area (Å²) in [5.74, 6) is 5.72. The third kappa shape index (κ3) is 1.74. The van der Waals surface area contributed by atoms with Crippen molar-refractivity contribution in [3.63, 3.8) is 0 Å². The molecular weight excluding hydrogens is 308 g/mol. The summed E-state index contributed by atoms with van der Waals surface area (Å²) < 4.78 is 6.66. The van der Waals surface area contributed by atoms with Crippen molar-refractivity contribution < 1.29 is 9.53 Å². The maximum atomic E-state index is 11.9. The van der Waals surface area contributed by atoms with Crippen LogP contribution in [0, 0.1) is 40.9 Å². The Morgan fingerprint density at radius 3 is 2.84 bits per heavy atom. The number of hydrogen-bond donors (Lipinski definition) is 0. The Bertz CT molecular complexity index is 642. The molecule has 0 aromatic rings. The maximum Gasteiger partial charge on any atom is 0.155 e. The molecule has 3 unspecified atom stereocenters. The number of allylic oxidation sites excluding steroid dienone is 1. The van der Waals surface area contributed by atoms with E-state index in [-0.39, 0.29) is 5.60 Å². The Labute approximate surface area is 151 Å². The summed E-state index contributed by atoms with van der Waals surface area (Å²) in [5.41, 5.74) is 2.28. The van der Waals surface area contributed by atoms with Crippen LogP contribution in [0.1, 0.15) is 71.1 Å². The molecule has 1 heterocycles. The van der Waals surface area contributed by atoms with Crippen molar-refractivity contribution in [1.29, 1.82) is 0 Å². The van der Waals surface area contributed by atoms with Gasteiger partial charge in [0.1, 0.15) is 0 Å². The fraction of sp³-hybridized carbons (Fsp3) is 0.870. The highest BCUT2D eigenvalue weighted by Crippen LogP contribution is 2.79. The summed E-state index contributed by atoms with van der Waals surface area (Å²) >= 11 is 0. The molecule has 6 rings (SSSR count). The molecule has 5 fully saturated rings. The van der Waals surface area contributed by atoms with E-state index >= 15 is 0 Å². The molecule has 0 bridgehead atoms. The molecule has 1 aliphatic heterocycles. The van der Waals surface area contributed by atoms with E-state index in [1.54, 1.807) is 0 Å². The van der Waals surface area contributed by atoms with Gasteiger partial charge in [-0.1, -0.05) is 12.5 Å². The second-order valence-electron chi connectivity index (χ2n) is 10.1. The molecule has 1 spiro atoms. The minimum atomic E-state index is 0.265. The molecular formula is C23H32O2. The first kappa shape index (κ1) is 15.4. The van der Waals surface area contributed by atoms with Crippen LogP contribution in [0.2, 0.25) is 0 Å². The lowest BCUT2D eigenvalue weighted by molar-refractivity contribution is -0.158. The zero-order chi connectivity index (χ0) is 16.8. The standard InChI is InChI=1S/C23H32O2/c1-2-22-10-8-17-16-7-5-15(24)12-14(16)4-6-18(17)21(22)19-13-20(19)23(22)9-3-11-25-23/h12,16-21H,2-11,13H2,1H3/t16-,17?,18?,19+,20-,21?,22-,23-/m0/s1. The first-order chi connectivity index (χ1) is 12.2. The minimum Gasteiger partial charge on any atom is -0.374 e. The lowest BCUT2D eigenvalue weighted by Crippen LogP contribution is -2.56. The number of rotatable bonds is 1. The van der Waals surface area contributed by atoms with E-state index < -0.39 is 0 Å². The molecule has 0 aromatic carbocycles. The van der Waals surface area contributed by atoms with Gasteiger partial charge in [0.15, 0.2) is 5.78 Å². The second-order valence-corrected chi connectivity index (χ2v) is 10.1. The topological polar surface area (TPSA) is 26.3 Å². The van der Waals surface area contributed by atoms with Gasteiger partial charge in [0, 0.05) is 18.4 Å². The van der Waals surface area contributed by atoms with Gasteiger partial charge in [0.2, 0.25) is 0 Å². The highest BCUT2D eigenvalue weighted by atomic mass is 16.5. The largest absolute Gasteiger partial charge is 0.374 e. The van der Waals surface area contributed by atoms with Gasteiger partial charge in [-0.2, -0.15) is 0 Å².